The molecule has 0 aliphatic carbocycles. The number of hydrogen-bond acceptors (Lipinski definition) is 15. The van der Waals surface area contributed by atoms with E-state index in [-0.39, 0.29) is 25.7 Å². The molecular formula is C79H154O17P2. The maximum absolute atomic E-state index is 13.1. The zero-order chi connectivity index (χ0) is 72.1. The first-order valence-electron chi connectivity index (χ1n) is 41.0. The summed E-state index contributed by atoms with van der Waals surface area (Å²) in [6, 6.07) is 0. The SMILES string of the molecule is CCCCCCCCCCCCCCCCCCC(=O)OC[C@H](COP(=O)(O)OC[C@@H](O)COP(=O)(O)OC[C@@H](COC(=O)CCCCCCCCC(C)CC)OC(=O)CCCCCCCCCCCCCCCCCC)OC(=O)CCCCCCCCCCCCCCCC(C)C. The molecule has 0 saturated carbocycles. The van der Waals surface area contributed by atoms with Crippen LogP contribution >= 0.6 is 15.6 Å². The van der Waals surface area contributed by atoms with E-state index in [1.54, 1.807) is 0 Å². The number of aliphatic hydroxyl groups excluding tert-OH is 1. The summed E-state index contributed by atoms with van der Waals surface area (Å²) >= 11 is 0. The predicted molar refractivity (Wildman–Crippen MR) is 400 cm³/mol. The number of carbonyl (C=O) groups is 4. The highest BCUT2D eigenvalue weighted by Crippen LogP contribution is 2.45. The molecule has 0 saturated heterocycles. The molecule has 0 rings (SSSR count). The van der Waals surface area contributed by atoms with Crippen LogP contribution in [0.3, 0.4) is 0 Å². The maximum Gasteiger partial charge on any atom is 0.472 e. The second-order valence-corrected chi connectivity index (χ2v) is 32.1. The molecule has 17 nitrogen and oxygen atoms in total. The van der Waals surface area contributed by atoms with Crippen LogP contribution in [0.5, 0.6) is 0 Å². The van der Waals surface area contributed by atoms with E-state index < -0.39 is 97.5 Å². The van der Waals surface area contributed by atoms with Crippen molar-refractivity contribution in [1.29, 1.82) is 0 Å². The van der Waals surface area contributed by atoms with Crippen molar-refractivity contribution in [3.05, 3.63) is 0 Å². The van der Waals surface area contributed by atoms with Gasteiger partial charge in [-0.2, -0.15) is 0 Å². The Bertz CT molecular complexity index is 1890. The number of hydrogen-bond donors (Lipinski definition) is 3. The van der Waals surface area contributed by atoms with E-state index in [1.807, 2.05) is 0 Å². The average molecular weight is 1440 g/mol. The molecular weight excluding hydrogens is 1280 g/mol. The smallest absolute Gasteiger partial charge is 0.462 e. The molecule has 0 aliphatic rings. The first-order chi connectivity index (χ1) is 47.4. The Balaban J connectivity index is 5.25. The van der Waals surface area contributed by atoms with Gasteiger partial charge in [0.05, 0.1) is 26.4 Å². The summed E-state index contributed by atoms with van der Waals surface area (Å²) in [5.41, 5.74) is 0. The summed E-state index contributed by atoms with van der Waals surface area (Å²) < 4.78 is 68.7. The van der Waals surface area contributed by atoms with Gasteiger partial charge in [-0.3, -0.25) is 37.3 Å². The fourth-order valence-electron chi connectivity index (χ4n) is 12.2. The highest BCUT2D eigenvalue weighted by molar-refractivity contribution is 7.47. The lowest BCUT2D eigenvalue weighted by Gasteiger charge is -2.21. The molecule has 582 valence electrons. The predicted octanol–water partition coefficient (Wildman–Crippen LogP) is 23.5. The summed E-state index contributed by atoms with van der Waals surface area (Å²) in [5, 5.41) is 10.6. The molecule has 0 heterocycles. The lowest BCUT2D eigenvalue weighted by atomic mass is 10.00. The lowest BCUT2D eigenvalue weighted by molar-refractivity contribution is -0.161. The summed E-state index contributed by atoms with van der Waals surface area (Å²) in [6.45, 7) is 9.61. The van der Waals surface area contributed by atoms with E-state index in [2.05, 4.69) is 41.5 Å². The van der Waals surface area contributed by atoms with E-state index in [1.165, 1.54) is 225 Å². The second kappa shape index (κ2) is 70.7. The Kier molecular flexibility index (Phi) is 69.3. The summed E-state index contributed by atoms with van der Waals surface area (Å²) in [7, 11) is -9.92. The van der Waals surface area contributed by atoms with Crippen LogP contribution in [0.25, 0.3) is 0 Å². The van der Waals surface area contributed by atoms with Crippen LogP contribution in [-0.2, 0) is 65.4 Å². The van der Waals surface area contributed by atoms with E-state index in [0.29, 0.717) is 25.7 Å². The largest absolute Gasteiger partial charge is 0.472 e. The normalized spacial score (nSPS) is 14.2. The zero-order valence-electron chi connectivity index (χ0n) is 64.1. The minimum absolute atomic E-state index is 0.108. The minimum atomic E-state index is -4.96. The van der Waals surface area contributed by atoms with Gasteiger partial charge in [0.15, 0.2) is 12.2 Å². The van der Waals surface area contributed by atoms with Crippen molar-refractivity contribution in [3.63, 3.8) is 0 Å². The molecule has 0 aromatic carbocycles. The van der Waals surface area contributed by atoms with Crippen LogP contribution in [0.1, 0.15) is 414 Å². The number of phosphoric acid groups is 2. The molecule has 0 amide bonds. The molecule has 3 unspecified atom stereocenters. The van der Waals surface area contributed by atoms with Crippen molar-refractivity contribution in [1.82, 2.24) is 0 Å². The van der Waals surface area contributed by atoms with Crippen molar-refractivity contribution < 1.29 is 80.2 Å². The second-order valence-electron chi connectivity index (χ2n) is 29.2. The Hall–Kier alpha value is -1.94. The third-order valence-corrected chi connectivity index (χ3v) is 20.7. The van der Waals surface area contributed by atoms with Gasteiger partial charge in [-0.05, 0) is 37.5 Å². The average Bonchev–Trinajstić information content (AvgIpc) is 0.948. The highest BCUT2D eigenvalue weighted by Gasteiger charge is 2.30. The fraction of sp³-hybridized carbons (Fsp3) is 0.949. The number of esters is 4. The number of carbonyl (C=O) groups excluding carboxylic acids is 4. The molecule has 0 fully saturated rings. The fourth-order valence-corrected chi connectivity index (χ4v) is 13.7. The Labute approximate surface area is 600 Å². The van der Waals surface area contributed by atoms with Crippen molar-refractivity contribution in [2.24, 2.45) is 11.8 Å². The molecule has 0 aromatic rings. The van der Waals surface area contributed by atoms with Gasteiger partial charge in [-0.1, -0.05) is 363 Å². The van der Waals surface area contributed by atoms with Gasteiger partial charge in [0.2, 0.25) is 0 Å². The summed E-state index contributed by atoms with van der Waals surface area (Å²) in [4.78, 5) is 73.0. The first kappa shape index (κ1) is 96.1. The first-order valence-corrected chi connectivity index (χ1v) is 44.0. The van der Waals surface area contributed by atoms with Gasteiger partial charge >= 0.3 is 39.5 Å². The minimum Gasteiger partial charge on any atom is -0.462 e. The van der Waals surface area contributed by atoms with E-state index in [0.717, 1.165) is 108 Å². The summed E-state index contributed by atoms with van der Waals surface area (Å²) in [6.07, 6.45) is 59.6. The lowest BCUT2D eigenvalue weighted by Crippen LogP contribution is -2.30. The topological polar surface area (TPSA) is 237 Å². The molecule has 0 radical (unpaired) electrons. The molecule has 98 heavy (non-hydrogen) atoms. The van der Waals surface area contributed by atoms with Crippen LogP contribution in [0, 0.1) is 11.8 Å². The quantitative estimate of drug-likeness (QED) is 0.0222. The molecule has 0 spiro atoms. The van der Waals surface area contributed by atoms with Crippen LogP contribution in [-0.4, -0.2) is 96.7 Å². The Morgan fingerprint density at radius 2 is 0.520 bits per heavy atom. The summed E-state index contributed by atoms with van der Waals surface area (Å²) in [5.74, 6) is -0.593. The monoisotopic (exact) mass is 1440 g/mol. The van der Waals surface area contributed by atoms with Crippen LogP contribution < -0.4 is 0 Å². The standard InChI is InChI=1S/C79H154O17P2/c1-7-10-12-14-16-18-20-22-24-26-30-34-38-42-49-55-61-76(81)89-67-74(95-78(83)64-58-52-44-40-36-32-28-29-33-37-41-47-53-59-71(4)5)69-93-97(85,86)91-65-73(80)66-92-98(87,88)94-70-75(68-90-77(82)62-56-50-46-45-48-54-60-72(6)9-3)96-79(84)63-57-51-43-39-35-31-27-25-23-21-19-17-15-13-11-8-2/h71-75,80H,7-70H2,1-6H3,(H,85,86)(H,87,88)/t72?,73-,74-,75-/m1/s1. The van der Waals surface area contributed by atoms with Gasteiger partial charge in [0, 0.05) is 25.7 Å². The van der Waals surface area contributed by atoms with Gasteiger partial charge in [-0.25, -0.2) is 9.13 Å². The van der Waals surface area contributed by atoms with Crippen LogP contribution in [0.2, 0.25) is 0 Å². The van der Waals surface area contributed by atoms with Crippen molar-refractivity contribution in [3.8, 4) is 0 Å². The van der Waals surface area contributed by atoms with E-state index >= 15 is 0 Å². The molecule has 19 heteroatoms. The maximum atomic E-state index is 13.1. The number of ether oxygens (including phenoxy) is 4. The molecule has 3 N–H and O–H groups in total. The van der Waals surface area contributed by atoms with Gasteiger partial charge in [-0.15, -0.1) is 0 Å². The molecule has 0 aliphatic heterocycles. The Morgan fingerprint density at radius 1 is 0.296 bits per heavy atom. The van der Waals surface area contributed by atoms with Crippen LogP contribution in [0.4, 0.5) is 0 Å². The third kappa shape index (κ3) is 71.1. The van der Waals surface area contributed by atoms with Crippen molar-refractivity contribution >= 4 is 39.5 Å². The molecule has 0 bridgehead atoms. The third-order valence-electron chi connectivity index (χ3n) is 18.8. The van der Waals surface area contributed by atoms with Gasteiger partial charge in [0.1, 0.15) is 19.3 Å². The molecule has 6 atom stereocenters. The Morgan fingerprint density at radius 3 is 0.776 bits per heavy atom. The number of unbranched alkanes of at least 4 members (excludes halogenated alkanes) is 47. The van der Waals surface area contributed by atoms with Crippen molar-refractivity contribution in [2.45, 2.75) is 432 Å². The van der Waals surface area contributed by atoms with Gasteiger partial charge in [0.25, 0.3) is 0 Å². The van der Waals surface area contributed by atoms with Crippen molar-refractivity contribution in [2.75, 3.05) is 39.6 Å². The highest BCUT2D eigenvalue weighted by atomic mass is 31.2. The zero-order valence-corrected chi connectivity index (χ0v) is 65.9. The van der Waals surface area contributed by atoms with E-state index in [9.17, 15) is 43.2 Å². The number of rotatable bonds is 78. The number of aliphatic hydroxyl groups is 1. The van der Waals surface area contributed by atoms with Gasteiger partial charge < -0.3 is 33.8 Å². The van der Waals surface area contributed by atoms with E-state index in [4.69, 9.17) is 37.0 Å². The van der Waals surface area contributed by atoms with Crippen LogP contribution in [0.15, 0.2) is 0 Å². The molecule has 0 aromatic heterocycles. The number of phosphoric ester groups is 2.